The largest absolute Gasteiger partial charge is 0.491 e. The average Bonchev–Trinajstić information content (AvgIpc) is 2.95. The molecular formula is C27H49NO11. The monoisotopic (exact) mass is 563 g/mol. The van der Waals surface area contributed by atoms with Gasteiger partial charge < -0.3 is 57.8 Å². The standard InChI is InChI=1S/C27H49NO11/c1-29-6-7-30-8-9-31-10-11-32-12-13-33-14-15-34-16-17-35-18-19-36-20-21-37-22-23-38-24-25-39-27-4-2-26(28)3-5-27/h2-5H,6-25,28H2,1H3. The Kier molecular flexibility index (Phi) is 26.7. The first-order chi connectivity index (χ1) is 19.3. The lowest BCUT2D eigenvalue weighted by Crippen LogP contribution is -2.15. The van der Waals surface area contributed by atoms with E-state index in [1.165, 1.54) is 0 Å². The van der Waals surface area contributed by atoms with E-state index in [0.29, 0.717) is 138 Å². The van der Waals surface area contributed by atoms with Crippen LogP contribution in [0.15, 0.2) is 24.3 Å². The van der Waals surface area contributed by atoms with Crippen molar-refractivity contribution in [2.75, 3.05) is 145 Å². The molecule has 0 saturated heterocycles. The molecule has 228 valence electrons. The van der Waals surface area contributed by atoms with Crippen LogP contribution in [-0.4, -0.2) is 139 Å². The summed E-state index contributed by atoms with van der Waals surface area (Å²) in [6, 6.07) is 7.27. The number of ether oxygens (including phenoxy) is 11. The fourth-order valence-corrected chi connectivity index (χ4v) is 2.79. The quantitative estimate of drug-likeness (QED) is 0.104. The van der Waals surface area contributed by atoms with Crippen molar-refractivity contribution < 1.29 is 52.1 Å². The summed E-state index contributed by atoms with van der Waals surface area (Å²) in [5.74, 6) is 0.774. The fraction of sp³-hybridized carbons (Fsp3) is 0.778. The second kappa shape index (κ2) is 29.4. The summed E-state index contributed by atoms with van der Waals surface area (Å²) in [5.41, 5.74) is 6.34. The van der Waals surface area contributed by atoms with Gasteiger partial charge in [0.1, 0.15) is 12.4 Å². The predicted octanol–water partition coefficient (Wildman–Crippen LogP) is 1.44. The number of methoxy groups -OCH3 is 1. The van der Waals surface area contributed by atoms with Gasteiger partial charge in [-0.05, 0) is 24.3 Å². The van der Waals surface area contributed by atoms with Gasteiger partial charge in [-0.25, -0.2) is 0 Å². The summed E-state index contributed by atoms with van der Waals surface area (Å²) >= 11 is 0. The van der Waals surface area contributed by atoms with E-state index >= 15 is 0 Å². The van der Waals surface area contributed by atoms with Gasteiger partial charge in [-0.2, -0.15) is 0 Å². The zero-order chi connectivity index (χ0) is 27.9. The maximum atomic E-state index is 5.63. The van der Waals surface area contributed by atoms with Crippen molar-refractivity contribution in [1.29, 1.82) is 0 Å². The molecule has 1 aromatic rings. The third-order valence-corrected chi connectivity index (χ3v) is 4.78. The molecule has 0 aliphatic carbocycles. The molecule has 12 nitrogen and oxygen atoms in total. The Morgan fingerprint density at radius 1 is 0.385 bits per heavy atom. The molecular weight excluding hydrogens is 514 g/mol. The van der Waals surface area contributed by atoms with Crippen molar-refractivity contribution in [3.05, 3.63) is 24.3 Å². The van der Waals surface area contributed by atoms with Crippen LogP contribution in [0.3, 0.4) is 0 Å². The molecule has 0 radical (unpaired) electrons. The Morgan fingerprint density at radius 2 is 0.641 bits per heavy atom. The first-order valence-electron chi connectivity index (χ1n) is 13.5. The van der Waals surface area contributed by atoms with Crippen LogP contribution < -0.4 is 10.5 Å². The first kappa shape index (κ1) is 35.4. The van der Waals surface area contributed by atoms with E-state index in [1.54, 1.807) is 19.2 Å². The Balaban J connectivity index is 1.64. The fourth-order valence-electron chi connectivity index (χ4n) is 2.79. The smallest absolute Gasteiger partial charge is 0.119 e. The van der Waals surface area contributed by atoms with E-state index in [9.17, 15) is 0 Å². The Morgan fingerprint density at radius 3 is 0.923 bits per heavy atom. The Labute approximate surface area is 233 Å². The maximum absolute atomic E-state index is 5.63. The molecule has 0 unspecified atom stereocenters. The summed E-state index contributed by atoms with van der Waals surface area (Å²) < 4.78 is 59.3. The van der Waals surface area contributed by atoms with Gasteiger partial charge in [0.05, 0.1) is 126 Å². The number of nitrogens with two attached hydrogens (primary N) is 1. The second-order valence-electron chi connectivity index (χ2n) is 7.92. The zero-order valence-electron chi connectivity index (χ0n) is 23.5. The van der Waals surface area contributed by atoms with Crippen molar-refractivity contribution >= 4 is 5.69 Å². The molecule has 0 fully saturated rings. The lowest BCUT2D eigenvalue weighted by atomic mass is 10.3. The lowest BCUT2D eigenvalue weighted by molar-refractivity contribution is -0.0262. The van der Waals surface area contributed by atoms with Crippen molar-refractivity contribution in [3.8, 4) is 5.75 Å². The molecule has 0 aromatic heterocycles. The number of hydrogen-bond donors (Lipinski definition) is 1. The van der Waals surface area contributed by atoms with E-state index in [0.717, 1.165) is 5.75 Å². The Bertz CT molecular complexity index is 610. The van der Waals surface area contributed by atoms with Crippen LogP contribution in [0.5, 0.6) is 5.75 Å². The third kappa shape index (κ3) is 26.4. The van der Waals surface area contributed by atoms with Crippen molar-refractivity contribution in [2.45, 2.75) is 0 Å². The van der Waals surface area contributed by atoms with Gasteiger partial charge in [0.15, 0.2) is 0 Å². The molecule has 0 bridgehead atoms. The minimum atomic E-state index is 0.478. The average molecular weight is 564 g/mol. The topological polar surface area (TPSA) is 128 Å². The molecule has 12 heteroatoms. The third-order valence-electron chi connectivity index (χ3n) is 4.78. The molecule has 1 rings (SSSR count). The predicted molar refractivity (Wildman–Crippen MR) is 146 cm³/mol. The molecule has 0 spiro atoms. The van der Waals surface area contributed by atoms with Crippen LogP contribution in [0, 0.1) is 0 Å². The summed E-state index contributed by atoms with van der Waals surface area (Å²) in [7, 11) is 1.65. The SMILES string of the molecule is COCCOCCOCCOCCOCCOCCOCCOCCOCCOCCOc1ccc(N)cc1. The normalized spacial score (nSPS) is 11.3. The van der Waals surface area contributed by atoms with Crippen LogP contribution in [-0.2, 0) is 47.4 Å². The lowest BCUT2D eigenvalue weighted by Gasteiger charge is -2.09. The van der Waals surface area contributed by atoms with Gasteiger partial charge in [0.25, 0.3) is 0 Å². The molecule has 1 aromatic carbocycles. The molecule has 0 aliphatic rings. The highest BCUT2D eigenvalue weighted by Gasteiger charge is 1.97. The molecule has 0 aliphatic heterocycles. The zero-order valence-corrected chi connectivity index (χ0v) is 23.5. The van der Waals surface area contributed by atoms with E-state index in [2.05, 4.69) is 0 Å². The number of nitrogen functional groups attached to an aromatic ring is 1. The van der Waals surface area contributed by atoms with Crippen LogP contribution in [0.4, 0.5) is 5.69 Å². The van der Waals surface area contributed by atoms with Gasteiger partial charge in [-0.15, -0.1) is 0 Å². The van der Waals surface area contributed by atoms with Crippen LogP contribution in [0.25, 0.3) is 0 Å². The van der Waals surface area contributed by atoms with Crippen molar-refractivity contribution in [3.63, 3.8) is 0 Å². The van der Waals surface area contributed by atoms with E-state index in [-0.39, 0.29) is 0 Å². The molecule has 0 amide bonds. The van der Waals surface area contributed by atoms with Gasteiger partial charge >= 0.3 is 0 Å². The minimum Gasteiger partial charge on any atom is -0.491 e. The molecule has 0 saturated carbocycles. The number of rotatable bonds is 31. The first-order valence-corrected chi connectivity index (χ1v) is 13.5. The summed E-state index contributed by atoms with van der Waals surface area (Å²) in [6.07, 6.45) is 0. The van der Waals surface area contributed by atoms with Gasteiger partial charge in [0, 0.05) is 12.8 Å². The van der Waals surface area contributed by atoms with Crippen LogP contribution in [0.2, 0.25) is 0 Å². The molecule has 2 N–H and O–H groups in total. The van der Waals surface area contributed by atoms with E-state index in [1.807, 2.05) is 12.1 Å². The van der Waals surface area contributed by atoms with Gasteiger partial charge in [-0.1, -0.05) is 0 Å². The molecule has 39 heavy (non-hydrogen) atoms. The molecule has 0 heterocycles. The number of anilines is 1. The summed E-state index contributed by atoms with van der Waals surface area (Å²) in [6.45, 7) is 10.5. The molecule has 0 atom stereocenters. The van der Waals surface area contributed by atoms with E-state index in [4.69, 9.17) is 57.8 Å². The van der Waals surface area contributed by atoms with Crippen LogP contribution in [0.1, 0.15) is 0 Å². The van der Waals surface area contributed by atoms with Crippen molar-refractivity contribution in [2.24, 2.45) is 0 Å². The van der Waals surface area contributed by atoms with E-state index < -0.39 is 0 Å². The maximum Gasteiger partial charge on any atom is 0.119 e. The number of benzene rings is 1. The second-order valence-corrected chi connectivity index (χ2v) is 7.92. The highest BCUT2D eigenvalue weighted by Crippen LogP contribution is 2.12. The Hall–Kier alpha value is -1.58. The minimum absolute atomic E-state index is 0.478. The van der Waals surface area contributed by atoms with Gasteiger partial charge in [-0.3, -0.25) is 0 Å². The van der Waals surface area contributed by atoms with Crippen molar-refractivity contribution in [1.82, 2.24) is 0 Å². The van der Waals surface area contributed by atoms with Crippen LogP contribution >= 0.6 is 0 Å². The highest BCUT2D eigenvalue weighted by atomic mass is 16.6. The summed E-state index contributed by atoms with van der Waals surface area (Å²) in [4.78, 5) is 0. The number of hydrogen-bond acceptors (Lipinski definition) is 12. The summed E-state index contributed by atoms with van der Waals surface area (Å²) in [5, 5.41) is 0. The highest BCUT2D eigenvalue weighted by molar-refractivity contribution is 5.41. The van der Waals surface area contributed by atoms with Gasteiger partial charge in [0.2, 0.25) is 0 Å².